The molecule has 242 valence electrons. The summed E-state index contributed by atoms with van der Waals surface area (Å²) in [5, 5.41) is 9.50. The third-order valence-electron chi connectivity index (χ3n) is 10.3. The summed E-state index contributed by atoms with van der Waals surface area (Å²) in [6.07, 6.45) is 0. The SMILES string of the molecule is [C-]#[N+]c1ccc2oc3ccc(-c4ccc(N(c5ccc(-c6ccccc6)cc5)c5ccc6c7ccccc7c7ccccc7c6c5)cc4)cc3c2c1. The summed E-state index contributed by atoms with van der Waals surface area (Å²) in [4.78, 5) is 5.98. The lowest BCUT2D eigenvalue weighted by Crippen LogP contribution is -2.10. The number of benzene rings is 9. The number of fused-ring (bicyclic) bond motifs is 9. The first kappa shape index (κ1) is 29.7. The van der Waals surface area contributed by atoms with Crippen LogP contribution >= 0.6 is 0 Å². The predicted octanol–water partition coefficient (Wildman–Crippen LogP) is 14.4. The minimum absolute atomic E-state index is 0.608. The molecule has 0 unspecified atom stereocenters. The molecule has 1 heterocycles. The second kappa shape index (κ2) is 12.0. The largest absolute Gasteiger partial charge is 0.456 e. The maximum Gasteiger partial charge on any atom is 0.188 e. The average Bonchev–Trinajstić information content (AvgIpc) is 3.59. The molecule has 9 aromatic carbocycles. The van der Waals surface area contributed by atoms with Gasteiger partial charge in [-0.15, -0.1) is 0 Å². The number of hydrogen-bond acceptors (Lipinski definition) is 2. The highest BCUT2D eigenvalue weighted by Gasteiger charge is 2.17. The van der Waals surface area contributed by atoms with Gasteiger partial charge >= 0.3 is 0 Å². The van der Waals surface area contributed by atoms with E-state index in [-0.39, 0.29) is 0 Å². The molecule has 1 aromatic heterocycles. The van der Waals surface area contributed by atoms with E-state index < -0.39 is 0 Å². The van der Waals surface area contributed by atoms with Crippen molar-refractivity contribution in [3.05, 3.63) is 193 Å². The lowest BCUT2D eigenvalue weighted by atomic mass is 9.94. The molecule has 0 aliphatic rings. The van der Waals surface area contributed by atoms with E-state index in [0.717, 1.165) is 50.1 Å². The molecule has 52 heavy (non-hydrogen) atoms. The summed E-state index contributed by atoms with van der Waals surface area (Å²) in [7, 11) is 0. The molecule has 0 saturated heterocycles. The molecule has 0 amide bonds. The molecule has 0 saturated carbocycles. The van der Waals surface area contributed by atoms with E-state index in [2.05, 4.69) is 167 Å². The van der Waals surface area contributed by atoms with Gasteiger partial charge in [0, 0.05) is 27.8 Å². The highest BCUT2D eigenvalue weighted by Crippen LogP contribution is 2.42. The number of rotatable bonds is 5. The molecule has 10 rings (SSSR count). The Morgan fingerprint density at radius 3 is 1.42 bits per heavy atom. The van der Waals surface area contributed by atoms with Crippen LogP contribution in [-0.4, -0.2) is 0 Å². The van der Waals surface area contributed by atoms with E-state index in [9.17, 15) is 0 Å². The van der Waals surface area contributed by atoms with Gasteiger partial charge in [-0.05, 0) is 115 Å². The van der Waals surface area contributed by atoms with Crippen molar-refractivity contribution in [3.63, 3.8) is 0 Å². The number of anilines is 3. The first-order valence-electron chi connectivity index (χ1n) is 17.4. The fourth-order valence-corrected chi connectivity index (χ4v) is 7.73. The molecular weight excluding hydrogens is 633 g/mol. The van der Waals surface area contributed by atoms with Gasteiger partial charge in [0.15, 0.2) is 5.69 Å². The van der Waals surface area contributed by atoms with E-state index in [1.165, 1.54) is 43.4 Å². The first-order chi connectivity index (χ1) is 25.7. The van der Waals surface area contributed by atoms with Crippen LogP contribution in [0.3, 0.4) is 0 Å². The molecule has 0 aliphatic carbocycles. The molecule has 10 aromatic rings. The molecule has 0 atom stereocenters. The van der Waals surface area contributed by atoms with Gasteiger partial charge in [-0.2, -0.15) is 0 Å². The van der Waals surface area contributed by atoms with Crippen LogP contribution in [0.4, 0.5) is 22.7 Å². The van der Waals surface area contributed by atoms with Crippen LogP contribution in [0.1, 0.15) is 0 Å². The van der Waals surface area contributed by atoms with Crippen LogP contribution in [0, 0.1) is 6.57 Å². The maximum absolute atomic E-state index is 7.48. The van der Waals surface area contributed by atoms with Crippen molar-refractivity contribution < 1.29 is 4.42 Å². The summed E-state index contributed by atoms with van der Waals surface area (Å²) in [5.74, 6) is 0. The van der Waals surface area contributed by atoms with Gasteiger partial charge in [0.2, 0.25) is 0 Å². The molecule has 0 spiro atoms. The van der Waals surface area contributed by atoms with Crippen molar-refractivity contribution in [2.75, 3.05) is 4.90 Å². The van der Waals surface area contributed by atoms with Crippen molar-refractivity contribution in [1.82, 2.24) is 0 Å². The second-order valence-corrected chi connectivity index (χ2v) is 13.2. The van der Waals surface area contributed by atoms with E-state index in [1.54, 1.807) is 6.07 Å². The van der Waals surface area contributed by atoms with Crippen molar-refractivity contribution in [1.29, 1.82) is 0 Å². The smallest absolute Gasteiger partial charge is 0.188 e. The van der Waals surface area contributed by atoms with E-state index in [0.29, 0.717) is 5.69 Å². The molecule has 0 radical (unpaired) electrons. The Hall–Kier alpha value is -7.15. The first-order valence-corrected chi connectivity index (χ1v) is 17.4. The van der Waals surface area contributed by atoms with Gasteiger partial charge in [-0.1, -0.05) is 121 Å². The molecular formula is C49H30N2O. The van der Waals surface area contributed by atoms with Gasteiger partial charge in [0.25, 0.3) is 0 Å². The minimum Gasteiger partial charge on any atom is -0.456 e. The van der Waals surface area contributed by atoms with Gasteiger partial charge < -0.3 is 9.32 Å². The normalized spacial score (nSPS) is 11.4. The molecule has 0 fully saturated rings. The Balaban J connectivity index is 1.11. The van der Waals surface area contributed by atoms with Gasteiger partial charge in [-0.3, -0.25) is 0 Å². The zero-order valence-electron chi connectivity index (χ0n) is 28.1. The Kier molecular flexibility index (Phi) is 6.87. The highest BCUT2D eigenvalue weighted by atomic mass is 16.3. The average molecular weight is 663 g/mol. The third kappa shape index (κ3) is 4.89. The Morgan fingerprint density at radius 2 is 0.808 bits per heavy atom. The Labute approximate surface area is 301 Å². The topological polar surface area (TPSA) is 20.7 Å². The minimum atomic E-state index is 0.608. The summed E-state index contributed by atoms with van der Waals surface area (Å²) >= 11 is 0. The van der Waals surface area contributed by atoms with Crippen LogP contribution < -0.4 is 4.90 Å². The van der Waals surface area contributed by atoms with Crippen molar-refractivity contribution in [2.45, 2.75) is 0 Å². The summed E-state index contributed by atoms with van der Waals surface area (Å²) in [6.45, 7) is 7.48. The van der Waals surface area contributed by atoms with Crippen LogP contribution in [0.2, 0.25) is 0 Å². The fourth-order valence-electron chi connectivity index (χ4n) is 7.73. The maximum atomic E-state index is 7.48. The van der Waals surface area contributed by atoms with Crippen LogP contribution in [0.15, 0.2) is 186 Å². The number of hydrogen-bond donors (Lipinski definition) is 0. The lowest BCUT2D eigenvalue weighted by molar-refractivity contribution is 0.669. The highest BCUT2D eigenvalue weighted by molar-refractivity contribution is 6.25. The van der Waals surface area contributed by atoms with E-state index in [4.69, 9.17) is 11.0 Å². The molecule has 3 heteroatoms. The fraction of sp³-hybridized carbons (Fsp3) is 0. The van der Waals surface area contributed by atoms with E-state index in [1.807, 2.05) is 18.2 Å². The van der Waals surface area contributed by atoms with Crippen LogP contribution in [0.25, 0.3) is 81.4 Å². The summed E-state index contributed by atoms with van der Waals surface area (Å²) in [6, 6.07) is 64.4. The van der Waals surface area contributed by atoms with Gasteiger partial charge in [-0.25, -0.2) is 4.85 Å². The Bertz CT molecular complexity index is 2970. The summed E-state index contributed by atoms with van der Waals surface area (Å²) < 4.78 is 6.10. The zero-order valence-corrected chi connectivity index (χ0v) is 28.1. The number of furan rings is 1. The van der Waals surface area contributed by atoms with Crippen molar-refractivity contribution in [2.24, 2.45) is 0 Å². The monoisotopic (exact) mass is 662 g/mol. The van der Waals surface area contributed by atoms with Crippen molar-refractivity contribution in [3.8, 4) is 22.3 Å². The summed E-state index contributed by atoms with van der Waals surface area (Å²) in [5.41, 5.74) is 10.0. The quantitative estimate of drug-likeness (QED) is 0.135. The second-order valence-electron chi connectivity index (χ2n) is 13.2. The van der Waals surface area contributed by atoms with Gasteiger partial charge in [0.1, 0.15) is 11.2 Å². The standard InChI is InChI=1S/C49H30N2O/c1-50-36-20-28-49-47(30-36)46-29-35(19-27-48(46)52-49)34-17-23-38(24-18-34)51(37-21-15-33(16-22-37)32-9-3-2-4-10-32)39-25-26-44-42-13-6-5-11-40(42)41-12-7-8-14-43(41)45(44)31-39/h2-31H. The molecule has 3 nitrogen and oxygen atoms in total. The molecule has 0 bridgehead atoms. The third-order valence-corrected chi connectivity index (χ3v) is 10.3. The van der Waals surface area contributed by atoms with E-state index >= 15 is 0 Å². The zero-order chi connectivity index (χ0) is 34.6. The van der Waals surface area contributed by atoms with Gasteiger partial charge in [0.05, 0.1) is 6.57 Å². The van der Waals surface area contributed by atoms with Crippen molar-refractivity contribution >= 4 is 77.0 Å². The lowest BCUT2D eigenvalue weighted by Gasteiger charge is -2.26. The number of nitrogens with zero attached hydrogens (tertiary/aromatic N) is 2. The Morgan fingerprint density at radius 1 is 0.346 bits per heavy atom. The van der Waals surface area contributed by atoms with Crippen LogP contribution in [-0.2, 0) is 0 Å². The molecule has 0 N–H and O–H groups in total. The predicted molar refractivity (Wildman–Crippen MR) is 218 cm³/mol. The molecule has 0 aliphatic heterocycles. The van der Waals surface area contributed by atoms with Crippen LogP contribution in [0.5, 0.6) is 0 Å².